The van der Waals surface area contributed by atoms with Crippen LogP contribution in [-0.4, -0.2) is 28.3 Å². The Bertz CT molecular complexity index is 1360. The monoisotopic (exact) mass is 539 g/mol. The van der Waals surface area contributed by atoms with Crippen LogP contribution < -0.4 is 69.1 Å². The second kappa shape index (κ2) is 14.7. The summed E-state index contributed by atoms with van der Waals surface area (Å²) in [4.78, 5) is 28.0. The van der Waals surface area contributed by atoms with Gasteiger partial charge in [-0.3, -0.25) is 4.98 Å². The van der Waals surface area contributed by atoms with Crippen molar-refractivity contribution in [1.82, 2.24) is 4.98 Å². The van der Waals surface area contributed by atoms with Crippen LogP contribution in [0, 0.1) is 24.3 Å². The molecule has 0 saturated carbocycles. The van der Waals surface area contributed by atoms with Crippen molar-refractivity contribution < 1.29 is 88.0 Å². The number of aliphatic hydroxyl groups excluding tert-OH is 1. The zero-order valence-corrected chi connectivity index (χ0v) is 26.5. The van der Waals surface area contributed by atoms with Crippen LogP contribution in [0.2, 0.25) is 0 Å². The maximum absolute atomic E-state index is 13.8. The Hall–Kier alpha value is -1.30. The van der Waals surface area contributed by atoms with Gasteiger partial charge in [0.05, 0.1) is 30.4 Å². The SMILES string of the molecule is Cc1cc(F)ccc1-c1cc(-c2ccccc2)nc(C(C)C)c1C#CP(=O)([O-])C[C@H](O)CC(=O)[O-].[Na+].[Na+]. The molecule has 6 nitrogen and oxygen atoms in total. The van der Waals surface area contributed by atoms with Crippen molar-refractivity contribution in [2.45, 2.75) is 39.2 Å². The number of carboxylic acid groups (broad SMARTS) is 1. The van der Waals surface area contributed by atoms with Gasteiger partial charge in [-0.15, -0.1) is 0 Å². The van der Waals surface area contributed by atoms with Gasteiger partial charge >= 0.3 is 59.1 Å². The fraction of sp³-hybridized carbons (Fsp3) is 0.259. The van der Waals surface area contributed by atoms with Crippen molar-refractivity contribution in [3.63, 3.8) is 0 Å². The molecule has 0 spiro atoms. The van der Waals surface area contributed by atoms with Crippen molar-refractivity contribution in [2.24, 2.45) is 0 Å². The predicted molar refractivity (Wildman–Crippen MR) is 129 cm³/mol. The number of aryl methyl sites for hydroxylation is 1. The molecule has 1 heterocycles. The summed E-state index contributed by atoms with van der Waals surface area (Å²) in [5.41, 5.74) is 6.61. The first kappa shape index (κ1) is 33.7. The molecule has 2 aromatic carbocycles. The van der Waals surface area contributed by atoms with Crippen LogP contribution in [0.5, 0.6) is 0 Å². The molecule has 3 rings (SSSR count). The summed E-state index contributed by atoms with van der Waals surface area (Å²) < 4.78 is 26.4. The average molecular weight is 539 g/mol. The molecular formula is C27H25FNNa2O5P. The van der Waals surface area contributed by atoms with E-state index in [1.165, 1.54) is 12.1 Å². The van der Waals surface area contributed by atoms with E-state index in [1.807, 2.05) is 44.2 Å². The fourth-order valence-electron chi connectivity index (χ4n) is 3.73. The molecule has 2 atom stereocenters. The maximum Gasteiger partial charge on any atom is 1.00 e. The van der Waals surface area contributed by atoms with Crippen LogP contribution in [0.4, 0.5) is 4.39 Å². The molecule has 1 aromatic heterocycles. The van der Waals surface area contributed by atoms with E-state index in [9.17, 15) is 28.9 Å². The largest absolute Gasteiger partial charge is 1.00 e. The molecule has 0 radical (unpaired) electrons. The molecule has 3 aromatic rings. The van der Waals surface area contributed by atoms with Crippen LogP contribution in [0.15, 0.2) is 54.6 Å². The topological polar surface area (TPSA) is 113 Å². The van der Waals surface area contributed by atoms with Gasteiger partial charge in [0.25, 0.3) is 0 Å². The fourth-order valence-corrected chi connectivity index (χ4v) is 4.79. The molecule has 1 unspecified atom stereocenters. The number of halogens is 1. The van der Waals surface area contributed by atoms with E-state index >= 15 is 0 Å². The first-order chi connectivity index (χ1) is 16.5. The second-order valence-electron chi connectivity index (χ2n) is 8.62. The normalized spacial score (nSPS) is 12.8. The van der Waals surface area contributed by atoms with Gasteiger partial charge in [0.2, 0.25) is 0 Å². The molecular weight excluding hydrogens is 514 g/mol. The standard InChI is InChI=1S/C27H27FNO5P.2Na/c1-17(2)27-23(11-12-35(33,34)16-21(30)14-26(31)32)24(22-10-9-20(28)13-18(22)3)15-25(29-27)19-7-5-4-6-8-19;;/h4-10,13,15,17,21,30H,14,16H2,1-3H3,(H,31,32)(H,33,34);;/q;2*+1/p-2/t21-;;/m1../s1. The van der Waals surface area contributed by atoms with E-state index in [0.29, 0.717) is 33.6 Å². The predicted octanol–water partition coefficient (Wildman–Crippen LogP) is -2.56. The van der Waals surface area contributed by atoms with Crippen molar-refractivity contribution >= 4 is 13.3 Å². The van der Waals surface area contributed by atoms with Crippen molar-refractivity contribution in [2.75, 3.05) is 6.16 Å². The summed E-state index contributed by atoms with van der Waals surface area (Å²) in [6.45, 7) is 5.57. The van der Waals surface area contributed by atoms with Gasteiger partial charge in [0, 0.05) is 29.7 Å². The summed E-state index contributed by atoms with van der Waals surface area (Å²) >= 11 is 0. The summed E-state index contributed by atoms with van der Waals surface area (Å²) in [7, 11) is -4.46. The Balaban J connectivity index is 0.00000342. The summed E-state index contributed by atoms with van der Waals surface area (Å²) in [5.74, 6) is 0.647. The molecule has 0 aliphatic heterocycles. The Morgan fingerprint density at radius 3 is 2.32 bits per heavy atom. The van der Waals surface area contributed by atoms with Crippen molar-refractivity contribution in [3.05, 3.63) is 77.2 Å². The third kappa shape index (κ3) is 9.44. The number of aromatic nitrogens is 1. The molecule has 1 N–H and O–H groups in total. The summed E-state index contributed by atoms with van der Waals surface area (Å²) in [6.07, 6.45) is -3.25. The number of hydrogen-bond donors (Lipinski definition) is 1. The van der Waals surface area contributed by atoms with Crippen LogP contribution in [0.1, 0.15) is 43.0 Å². The first-order valence-corrected chi connectivity index (χ1v) is 12.9. The molecule has 0 bridgehead atoms. The van der Waals surface area contributed by atoms with Crippen LogP contribution in [0.25, 0.3) is 22.4 Å². The number of carboxylic acids is 1. The number of rotatable bonds is 7. The smallest absolute Gasteiger partial charge is 0.790 e. The molecule has 182 valence electrons. The zero-order chi connectivity index (χ0) is 25.8. The van der Waals surface area contributed by atoms with Crippen LogP contribution in [-0.2, 0) is 9.36 Å². The average Bonchev–Trinajstić information content (AvgIpc) is 2.77. The Morgan fingerprint density at radius 1 is 1.11 bits per heavy atom. The number of aliphatic carboxylic acids is 1. The van der Waals surface area contributed by atoms with Gasteiger partial charge in [0.15, 0.2) is 0 Å². The molecule has 10 heteroatoms. The Kier molecular flexibility index (Phi) is 13.4. The van der Waals surface area contributed by atoms with Gasteiger partial charge in [0.1, 0.15) is 5.82 Å². The van der Waals surface area contributed by atoms with Gasteiger partial charge in [-0.05, 0) is 47.8 Å². The van der Waals surface area contributed by atoms with Gasteiger partial charge in [-0.1, -0.05) is 56.2 Å². The van der Waals surface area contributed by atoms with E-state index < -0.39 is 37.8 Å². The molecule has 37 heavy (non-hydrogen) atoms. The number of carbonyl (C=O) groups excluding carboxylic acids is 1. The zero-order valence-electron chi connectivity index (χ0n) is 21.6. The minimum absolute atomic E-state index is 0. The van der Waals surface area contributed by atoms with E-state index in [-0.39, 0.29) is 65.0 Å². The quantitative estimate of drug-likeness (QED) is 0.201. The van der Waals surface area contributed by atoms with Gasteiger partial charge < -0.3 is 24.5 Å². The number of hydrogen-bond acceptors (Lipinski definition) is 6. The van der Waals surface area contributed by atoms with Gasteiger partial charge in [-0.25, -0.2) is 4.39 Å². The van der Waals surface area contributed by atoms with E-state index in [0.717, 1.165) is 5.56 Å². The Labute approximate surface area is 260 Å². The molecule has 0 fully saturated rings. The third-order valence-electron chi connectivity index (χ3n) is 5.35. The maximum atomic E-state index is 13.8. The number of benzene rings is 2. The number of carbonyl (C=O) groups is 1. The molecule has 0 aliphatic rings. The summed E-state index contributed by atoms with van der Waals surface area (Å²) in [5, 5.41) is 20.4. The molecule has 0 aliphatic carbocycles. The summed E-state index contributed by atoms with van der Waals surface area (Å²) in [6, 6.07) is 15.6. The van der Waals surface area contributed by atoms with E-state index in [1.54, 1.807) is 19.1 Å². The number of aliphatic hydroxyl groups is 1. The minimum atomic E-state index is -4.46. The van der Waals surface area contributed by atoms with E-state index in [2.05, 4.69) is 11.6 Å². The Morgan fingerprint density at radius 2 is 1.76 bits per heavy atom. The second-order valence-corrected chi connectivity index (χ2v) is 10.6. The third-order valence-corrected chi connectivity index (χ3v) is 6.70. The number of pyridine rings is 1. The number of nitrogens with zero attached hydrogens (tertiary/aromatic N) is 1. The molecule has 0 amide bonds. The van der Waals surface area contributed by atoms with Crippen LogP contribution in [0.3, 0.4) is 0 Å². The van der Waals surface area contributed by atoms with Gasteiger partial charge in [-0.2, -0.15) is 0 Å². The molecule has 0 saturated heterocycles. The van der Waals surface area contributed by atoms with E-state index in [4.69, 9.17) is 4.98 Å². The van der Waals surface area contributed by atoms with Crippen molar-refractivity contribution in [3.8, 4) is 34.0 Å². The van der Waals surface area contributed by atoms with Crippen molar-refractivity contribution in [1.29, 1.82) is 0 Å². The first-order valence-electron chi connectivity index (χ1n) is 11.0. The minimum Gasteiger partial charge on any atom is -0.790 e. The van der Waals surface area contributed by atoms with Crippen LogP contribution >= 0.6 is 7.37 Å².